The maximum atomic E-state index is 5.02. The first-order chi connectivity index (χ1) is 3.83. The lowest BCUT2D eigenvalue weighted by molar-refractivity contribution is -0.0826. The molecule has 0 aromatic heterocycles. The molecule has 1 aliphatic heterocycles. The summed E-state index contributed by atoms with van der Waals surface area (Å²) in [5.41, 5.74) is 0.312. The molecule has 1 fully saturated rings. The Morgan fingerprint density at radius 1 is 1.25 bits per heavy atom. The van der Waals surface area contributed by atoms with Gasteiger partial charge in [-0.05, 0) is 0 Å². The van der Waals surface area contributed by atoms with E-state index in [4.69, 9.17) is 4.74 Å². The number of rotatable bonds is 2. The fraction of sp³-hybridized carbons (Fsp3) is 1.00. The molecule has 1 saturated heterocycles. The summed E-state index contributed by atoms with van der Waals surface area (Å²) in [5.74, 6) is 1.80. The molecule has 1 rings (SSSR count). The molecule has 0 spiro atoms. The summed E-state index contributed by atoms with van der Waals surface area (Å²) in [4.78, 5) is 0. The quantitative estimate of drug-likeness (QED) is 0.555. The minimum atomic E-state index is 0.312. The first-order valence-electron chi connectivity index (χ1n) is 2.62. The summed E-state index contributed by atoms with van der Waals surface area (Å²) < 4.78 is 5.02. The molecule has 3 heteroatoms. The monoisotopic (exact) mass is 150 g/mol. The van der Waals surface area contributed by atoms with Gasteiger partial charge in [0.15, 0.2) is 0 Å². The van der Waals surface area contributed by atoms with Gasteiger partial charge in [-0.25, -0.2) is 0 Å². The lowest BCUT2D eigenvalue weighted by Gasteiger charge is -2.38. The molecule has 0 aromatic carbocycles. The zero-order valence-electron chi connectivity index (χ0n) is 4.63. The minimum absolute atomic E-state index is 0.312. The molecule has 8 heavy (non-hydrogen) atoms. The molecule has 0 aliphatic carbocycles. The molecular formula is C5H10OS2. The van der Waals surface area contributed by atoms with Crippen molar-refractivity contribution in [3.8, 4) is 0 Å². The summed E-state index contributed by atoms with van der Waals surface area (Å²) in [7, 11) is 0. The van der Waals surface area contributed by atoms with Crippen LogP contribution in [0.4, 0.5) is 0 Å². The molecule has 0 atom stereocenters. The van der Waals surface area contributed by atoms with E-state index in [0.29, 0.717) is 5.41 Å². The Kier molecular flexibility index (Phi) is 2.12. The zero-order valence-corrected chi connectivity index (χ0v) is 6.42. The summed E-state index contributed by atoms with van der Waals surface area (Å²) in [6.45, 7) is 1.69. The SMILES string of the molecule is SCC1(CS)COC1. The topological polar surface area (TPSA) is 9.23 Å². The van der Waals surface area contributed by atoms with E-state index in [2.05, 4.69) is 25.3 Å². The van der Waals surface area contributed by atoms with Crippen LogP contribution in [0, 0.1) is 5.41 Å². The van der Waals surface area contributed by atoms with Crippen LogP contribution in [-0.4, -0.2) is 24.7 Å². The minimum Gasteiger partial charge on any atom is -0.380 e. The van der Waals surface area contributed by atoms with Crippen LogP contribution in [0.2, 0.25) is 0 Å². The van der Waals surface area contributed by atoms with Crippen LogP contribution in [0.25, 0.3) is 0 Å². The van der Waals surface area contributed by atoms with Gasteiger partial charge in [0.05, 0.1) is 13.2 Å². The van der Waals surface area contributed by atoms with Crippen molar-refractivity contribution in [1.29, 1.82) is 0 Å². The molecule has 0 saturated carbocycles. The Morgan fingerprint density at radius 2 is 1.75 bits per heavy atom. The van der Waals surface area contributed by atoms with Crippen LogP contribution in [-0.2, 0) is 4.74 Å². The first-order valence-corrected chi connectivity index (χ1v) is 3.89. The van der Waals surface area contributed by atoms with Gasteiger partial charge in [-0.15, -0.1) is 0 Å². The Labute approximate surface area is 60.6 Å². The fourth-order valence-corrected chi connectivity index (χ4v) is 1.39. The zero-order chi connectivity index (χ0) is 6.04. The van der Waals surface area contributed by atoms with Gasteiger partial charge >= 0.3 is 0 Å². The van der Waals surface area contributed by atoms with Gasteiger partial charge in [-0.1, -0.05) is 0 Å². The van der Waals surface area contributed by atoms with Crippen molar-refractivity contribution in [2.75, 3.05) is 24.7 Å². The number of thiol groups is 2. The van der Waals surface area contributed by atoms with Crippen LogP contribution >= 0.6 is 25.3 Å². The number of hydrogen-bond acceptors (Lipinski definition) is 3. The Bertz CT molecular complexity index is 67.0. The standard InChI is InChI=1S/C5H10OS2/c7-3-5(4-8)1-6-2-5/h7-8H,1-4H2. The highest BCUT2D eigenvalue weighted by Gasteiger charge is 2.35. The van der Waals surface area contributed by atoms with Gasteiger partial charge in [0, 0.05) is 16.9 Å². The average molecular weight is 150 g/mol. The second-order valence-corrected chi connectivity index (χ2v) is 2.94. The summed E-state index contributed by atoms with van der Waals surface area (Å²) in [6.07, 6.45) is 0. The van der Waals surface area contributed by atoms with Crippen LogP contribution in [0.1, 0.15) is 0 Å². The van der Waals surface area contributed by atoms with Gasteiger partial charge in [0.25, 0.3) is 0 Å². The van der Waals surface area contributed by atoms with E-state index >= 15 is 0 Å². The highest BCUT2D eigenvalue weighted by atomic mass is 32.1. The van der Waals surface area contributed by atoms with Gasteiger partial charge in [0.2, 0.25) is 0 Å². The van der Waals surface area contributed by atoms with E-state index in [0.717, 1.165) is 24.7 Å². The average Bonchev–Trinajstić information content (AvgIpc) is 1.67. The predicted molar refractivity (Wildman–Crippen MR) is 41.0 cm³/mol. The van der Waals surface area contributed by atoms with Crippen LogP contribution in [0.3, 0.4) is 0 Å². The van der Waals surface area contributed by atoms with E-state index in [9.17, 15) is 0 Å². The molecule has 1 aliphatic rings. The van der Waals surface area contributed by atoms with Crippen LogP contribution in [0.15, 0.2) is 0 Å². The van der Waals surface area contributed by atoms with Gasteiger partial charge in [0.1, 0.15) is 0 Å². The largest absolute Gasteiger partial charge is 0.380 e. The Balaban J connectivity index is 2.33. The summed E-state index contributed by atoms with van der Waals surface area (Å²) >= 11 is 8.37. The molecule has 0 aromatic rings. The first kappa shape index (κ1) is 6.78. The number of hydrogen-bond donors (Lipinski definition) is 2. The van der Waals surface area contributed by atoms with Crippen molar-refractivity contribution in [2.24, 2.45) is 5.41 Å². The van der Waals surface area contributed by atoms with Gasteiger partial charge < -0.3 is 4.74 Å². The molecule has 48 valence electrons. The third kappa shape index (κ3) is 0.993. The maximum absolute atomic E-state index is 5.02. The van der Waals surface area contributed by atoms with Crippen molar-refractivity contribution in [1.82, 2.24) is 0 Å². The Morgan fingerprint density at radius 3 is 1.75 bits per heavy atom. The lowest BCUT2D eigenvalue weighted by atomic mass is 9.91. The molecular weight excluding hydrogens is 140 g/mol. The van der Waals surface area contributed by atoms with E-state index in [1.54, 1.807) is 0 Å². The van der Waals surface area contributed by atoms with E-state index in [1.165, 1.54) is 0 Å². The summed E-state index contributed by atoms with van der Waals surface area (Å²) in [5, 5.41) is 0. The Hall–Kier alpha value is 0.660. The maximum Gasteiger partial charge on any atom is 0.0560 e. The van der Waals surface area contributed by atoms with Crippen molar-refractivity contribution in [2.45, 2.75) is 0 Å². The molecule has 0 N–H and O–H groups in total. The van der Waals surface area contributed by atoms with Crippen molar-refractivity contribution in [3.63, 3.8) is 0 Å². The molecule has 0 amide bonds. The molecule has 0 bridgehead atoms. The predicted octanol–water partition coefficient (Wildman–Crippen LogP) is 0.863. The lowest BCUT2D eigenvalue weighted by Crippen LogP contribution is -2.45. The van der Waals surface area contributed by atoms with Gasteiger partial charge in [-0.2, -0.15) is 25.3 Å². The van der Waals surface area contributed by atoms with Crippen molar-refractivity contribution >= 4 is 25.3 Å². The van der Waals surface area contributed by atoms with Crippen LogP contribution in [0.5, 0.6) is 0 Å². The van der Waals surface area contributed by atoms with Crippen molar-refractivity contribution in [3.05, 3.63) is 0 Å². The van der Waals surface area contributed by atoms with Crippen molar-refractivity contribution < 1.29 is 4.74 Å². The van der Waals surface area contributed by atoms with Crippen LogP contribution < -0.4 is 0 Å². The highest BCUT2D eigenvalue weighted by molar-refractivity contribution is 7.81. The van der Waals surface area contributed by atoms with Gasteiger partial charge in [-0.3, -0.25) is 0 Å². The van der Waals surface area contributed by atoms with E-state index < -0.39 is 0 Å². The highest BCUT2D eigenvalue weighted by Crippen LogP contribution is 2.29. The normalized spacial score (nSPS) is 24.8. The second-order valence-electron chi connectivity index (χ2n) is 2.31. The third-order valence-electron chi connectivity index (χ3n) is 1.49. The smallest absolute Gasteiger partial charge is 0.0560 e. The molecule has 1 nitrogen and oxygen atoms in total. The molecule has 1 heterocycles. The van der Waals surface area contributed by atoms with E-state index in [-0.39, 0.29) is 0 Å². The number of ether oxygens (including phenoxy) is 1. The third-order valence-corrected chi connectivity index (χ3v) is 2.83. The fourth-order valence-electron chi connectivity index (χ4n) is 0.623. The summed E-state index contributed by atoms with van der Waals surface area (Å²) in [6, 6.07) is 0. The molecule has 0 radical (unpaired) electrons. The second kappa shape index (κ2) is 2.50. The van der Waals surface area contributed by atoms with E-state index in [1.807, 2.05) is 0 Å². The molecule has 0 unspecified atom stereocenters.